The predicted molar refractivity (Wildman–Crippen MR) is 110 cm³/mol. The van der Waals surface area contributed by atoms with Gasteiger partial charge in [0, 0.05) is 18.5 Å². The number of thioether (sulfide) groups is 1. The van der Waals surface area contributed by atoms with E-state index >= 15 is 0 Å². The van der Waals surface area contributed by atoms with E-state index in [-0.39, 0.29) is 5.78 Å². The van der Waals surface area contributed by atoms with E-state index in [1.165, 1.54) is 11.8 Å². The molecule has 0 bridgehead atoms. The molecule has 0 saturated heterocycles. The molecule has 6 nitrogen and oxygen atoms in total. The molecule has 28 heavy (non-hydrogen) atoms. The lowest BCUT2D eigenvalue weighted by atomic mass is 10.1. The van der Waals surface area contributed by atoms with Crippen molar-refractivity contribution in [1.29, 1.82) is 0 Å². The number of rotatable bonds is 9. The van der Waals surface area contributed by atoms with Crippen LogP contribution in [0.15, 0.2) is 53.7 Å². The Hall–Kier alpha value is -2.80. The number of carbonyl (C=O) groups is 1. The van der Waals surface area contributed by atoms with Crippen molar-refractivity contribution in [1.82, 2.24) is 14.8 Å². The molecule has 3 rings (SSSR count). The Kier molecular flexibility index (Phi) is 6.71. The van der Waals surface area contributed by atoms with Gasteiger partial charge in [0.15, 0.2) is 10.9 Å². The van der Waals surface area contributed by atoms with Crippen LogP contribution in [-0.4, -0.2) is 40.5 Å². The maximum absolute atomic E-state index is 12.4. The van der Waals surface area contributed by atoms with Gasteiger partial charge in [-0.15, -0.1) is 10.2 Å². The molecule has 7 heteroatoms. The minimum Gasteiger partial charge on any atom is -0.497 e. The average Bonchev–Trinajstić information content (AvgIpc) is 3.14. The molecule has 0 atom stereocenters. The Bertz CT molecular complexity index is 921. The fraction of sp³-hybridized carbons (Fsp3) is 0.286. The molecule has 1 heterocycles. The largest absolute Gasteiger partial charge is 0.497 e. The maximum atomic E-state index is 12.4. The zero-order chi connectivity index (χ0) is 19.9. The molecule has 0 aliphatic heterocycles. The first-order valence-corrected chi connectivity index (χ1v) is 9.98. The number of carbonyl (C=O) groups excluding carboxylic acids is 1. The van der Waals surface area contributed by atoms with Crippen LogP contribution in [0.25, 0.3) is 0 Å². The SMILES string of the molecule is CCn1c(Cc2ccc(OC)cc2)nnc1SCC(=O)c1ccc(OC)cc1. The van der Waals surface area contributed by atoms with Gasteiger partial charge in [-0.3, -0.25) is 4.79 Å². The smallest absolute Gasteiger partial charge is 0.191 e. The van der Waals surface area contributed by atoms with Gasteiger partial charge in [0.05, 0.1) is 20.0 Å². The minimum absolute atomic E-state index is 0.0509. The molecule has 0 amide bonds. The zero-order valence-corrected chi connectivity index (χ0v) is 17.0. The van der Waals surface area contributed by atoms with Gasteiger partial charge in [-0.05, 0) is 48.9 Å². The number of Topliss-reactive ketones (excluding diaryl/α,β-unsaturated/α-hetero) is 1. The third kappa shape index (κ3) is 4.72. The number of nitrogens with zero attached hydrogens (tertiary/aromatic N) is 3. The summed E-state index contributed by atoms with van der Waals surface area (Å²) in [7, 11) is 3.26. The van der Waals surface area contributed by atoms with Crippen molar-refractivity contribution in [2.75, 3.05) is 20.0 Å². The van der Waals surface area contributed by atoms with E-state index in [4.69, 9.17) is 9.47 Å². The van der Waals surface area contributed by atoms with Gasteiger partial charge < -0.3 is 14.0 Å². The summed E-state index contributed by atoms with van der Waals surface area (Å²) in [4.78, 5) is 12.4. The second-order valence-corrected chi connectivity index (χ2v) is 7.05. The number of hydrogen-bond donors (Lipinski definition) is 0. The summed E-state index contributed by atoms with van der Waals surface area (Å²) >= 11 is 1.41. The summed E-state index contributed by atoms with van der Waals surface area (Å²) in [6.45, 7) is 2.80. The van der Waals surface area contributed by atoms with Gasteiger partial charge in [-0.1, -0.05) is 23.9 Å². The summed E-state index contributed by atoms with van der Waals surface area (Å²) in [5.74, 6) is 2.81. The maximum Gasteiger partial charge on any atom is 0.191 e. The number of ketones is 1. The van der Waals surface area contributed by atoms with Crippen LogP contribution in [0.4, 0.5) is 0 Å². The quantitative estimate of drug-likeness (QED) is 0.403. The number of ether oxygens (including phenoxy) is 2. The van der Waals surface area contributed by atoms with E-state index in [1.54, 1.807) is 38.5 Å². The molecule has 2 aromatic carbocycles. The van der Waals surface area contributed by atoms with Crippen molar-refractivity contribution < 1.29 is 14.3 Å². The highest BCUT2D eigenvalue weighted by Crippen LogP contribution is 2.21. The molecule has 0 radical (unpaired) electrons. The van der Waals surface area contributed by atoms with Gasteiger partial charge in [0.2, 0.25) is 0 Å². The molecule has 1 aromatic heterocycles. The summed E-state index contributed by atoms with van der Waals surface area (Å²) in [5, 5.41) is 9.38. The third-order valence-corrected chi connectivity index (χ3v) is 5.34. The summed E-state index contributed by atoms with van der Waals surface area (Å²) < 4.78 is 12.4. The number of aromatic nitrogens is 3. The van der Waals surface area contributed by atoms with Gasteiger partial charge in [-0.25, -0.2) is 0 Å². The second-order valence-electron chi connectivity index (χ2n) is 6.11. The topological polar surface area (TPSA) is 66.2 Å². The minimum atomic E-state index is 0.0509. The summed E-state index contributed by atoms with van der Waals surface area (Å²) in [5.41, 5.74) is 1.79. The average molecular weight is 398 g/mol. The van der Waals surface area contributed by atoms with E-state index in [0.29, 0.717) is 17.7 Å². The molecule has 146 valence electrons. The van der Waals surface area contributed by atoms with E-state index in [2.05, 4.69) is 21.7 Å². The van der Waals surface area contributed by atoms with Crippen molar-refractivity contribution in [2.45, 2.75) is 25.0 Å². The van der Waals surface area contributed by atoms with Crippen molar-refractivity contribution >= 4 is 17.5 Å². The summed E-state index contributed by atoms with van der Waals surface area (Å²) in [6.07, 6.45) is 0.678. The Morgan fingerprint density at radius 3 is 2.14 bits per heavy atom. The number of methoxy groups -OCH3 is 2. The standard InChI is InChI=1S/C21H23N3O3S/c1-4-24-20(13-15-5-9-17(26-2)10-6-15)22-23-21(24)28-14-19(25)16-7-11-18(27-3)12-8-16/h5-12H,4,13-14H2,1-3H3. The Balaban J connectivity index is 1.66. The number of hydrogen-bond acceptors (Lipinski definition) is 6. The van der Waals surface area contributed by atoms with E-state index < -0.39 is 0 Å². The van der Waals surface area contributed by atoms with E-state index in [9.17, 15) is 4.79 Å². The highest BCUT2D eigenvalue weighted by molar-refractivity contribution is 7.99. The Morgan fingerprint density at radius 1 is 0.964 bits per heavy atom. The van der Waals surface area contributed by atoms with Crippen molar-refractivity contribution in [3.05, 3.63) is 65.5 Å². The second kappa shape index (κ2) is 9.41. The van der Waals surface area contributed by atoms with Crippen LogP contribution in [0.3, 0.4) is 0 Å². The van der Waals surface area contributed by atoms with Crippen LogP contribution in [0.2, 0.25) is 0 Å². The van der Waals surface area contributed by atoms with E-state index in [0.717, 1.165) is 34.6 Å². The molecule has 0 spiro atoms. The van der Waals surface area contributed by atoms with Crippen molar-refractivity contribution in [3.8, 4) is 11.5 Å². The van der Waals surface area contributed by atoms with E-state index in [1.807, 2.05) is 24.3 Å². The monoisotopic (exact) mass is 397 g/mol. The van der Waals surface area contributed by atoms with Gasteiger partial charge in [0.25, 0.3) is 0 Å². The van der Waals surface area contributed by atoms with Crippen LogP contribution in [0.1, 0.15) is 28.7 Å². The molecule has 0 unspecified atom stereocenters. The lowest BCUT2D eigenvalue weighted by Gasteiger charge is -2.08. The van der Waals surface area contributed by atoms with Crippen molar-refractivity contribution in [3.63, 3.8) is 0 Å². The van der Waals surface area contributed by atoms with Crippen LogP contribution in [-0.2, 0) is 13.0 Å². The predicted octanol–water partition coefficient (Wildman–Crippen LogP) is 3.88. The van der Waals surface area contributed by atoms with Gasteiger partial charge >= 0.3 is 0 Å². The first-order valence-electron chi connectivity index (χ1n) is 8.99. The molecule has 0 aliphatic rings. The molecule has 0 N–H and O–H groups in total. The summed E-state index contributed by atoms with van der Waals surface area (Å²) in [6, 6.07) is 15.1. The van der Waals surface area contributed by atoms with Crippen LogP contribution in [0, 0.1) is 0 Å². The molecule has 0 saturated carbocycles. The third-order valence-electron chi connectivity index (χ3n) is 4.38. The Labute approximate surface area is 168 Å². The lowest BCUT2D eigenvalue weighted by molar-refractivity contribution is 0.102. The molecule has 3 aromatic rings. The van der Waals surface area contributed by atoms with Crippen molar-refractivity contribution in [2.24, 2.45) is 0 Å². The fourth-order valence-electron chi connectivity index (χ4n) is 2.79. The normalized spacial score (nSPS) is 10.7. The first-order chi connectivity index (χ1) is 13.6. The van der Waals surface area contributed by atoms with Gasteiger partial charge in [0.1, 0.15) is 17.3 Å². The zero-order valence-electron chi connectivity index (χ0n) is 16.2. The Morgan fingerprint density at radius 2 is 1.57 bits per heavy atom. The molecular weight excluding hydrogens is 374 g/mol. The highest BCUT2D eigenvalue weighted by atomic mass is 32.2. The molecule has 0 fully saturated rings. The number of benzene rings is 2. The van der Waals surface area contributed by atoms with Crippen LogP contribution < -0.4 is 9.47 Å². The highest BCUT2D eigenvalue weighted by Gasteiger charge is 2.14. The fourth-order valence-corrected chi connectivity index (χ4v) is 3.71. The lowest BCUT2D eigenvalue weighted by Crippen LogP contribution is -2.07. The van der Waals surface area contributed by atoms with Crippen LogP contribution in [0.5, 0.6) is 11.5 Å². The first kappa shape index (κ1) is 19.9. The molecule has 0 aliphatic carbocycles. The van der Waals surface area contributed by atoms with Crippen LogP contribution >= 0.6 is 11.8 Å². The molecular formula is C21H23N3O3S. The van der Waals surface area contributed by atoms with Gasteiger partial charge in [-0.2, -0.15) is 0 Å².